The summed E-state index contributed by atoms with van der Waals surface area (Å²) in [5, 5.41) is 11.8. The van der Waals surface area contributed by atoms with E-state index in [-0.39, 0.29) is 0 Å². The van der Waals surface area contributed by atoms with Gasteiger partial charge in [0, 0.05) is 29.3 Å². The van der Waals surface area contributed by atoms with Gasteiger partial charge >= 0.3 is 0 Å². The second-order valence-electron chi connectivity index (χ2n) is 4.40. The molecule has 1 atom stereocenters. The molecule has 1 aliphatic heterocycles. The average molecular weight is 294 g/mol. The Bertz CT molecular complexity index is 439. The highest BCUT2D eigenvalue weighted by molar-refractivity contribution is 9.10. The Morgan fingerprint density at radius 1 is 1.59 bits per heavy atom. The van der Waals surface area contributed by atoms with Crippen LogP contribution < -0.4 is 10.2 Å². The van der Waals surface area contributed by atoms with Crippen molar-refractivity contribution in [3.05, 3.63) is 28.2 Å². The summed E-state index contributed by atoms with van der Waals surface area (Å²) >= 11 is 3.52. The molecule has 4 heteroatoms. The quantitative estimate of drug-likeness (QED) is 0.870. The first-order valence-electron chi connectivity index (χ1n) is 5.82. The Morgan fingerprint density at radius 2 is 2.41 bits per heavy atom. The fraction of sp³-hybridized carbons (Fsp3) is 0.462. The summed E-state index contributed by atoms with van der Waals surface area (Å²) in [5.41, 5.74) is 2.53. The predicted octanol–water partition coefficient (Wildman–Crippen LogP) is 2.45. The van der Waals surface area contributed by atoms with Gasteiger partial charge in [0.1, 0.15) is 0 Å². The molecule has 0 aliphatic carbocycles. The van der Waals surface area contributed by atoms with Crippen LogP contribution in [-0.4, -0.2) is 25.7 Å². The van der Waals surface area contributed by atoms with Crippen molar-refractivity contribution in [1.82, 2.24) is 5.32 Å². The number of nitrogens with one attached hydrogen (secondary N) is 1. The van der Waals surface area contributed by atoms with E-state index >= 15 is 0 Å². The number of anilines is 1. The minimum Gasteiger partial charge on any atom is -0.370 e. The van der Waals surface area contributed by atoms with Crippen molar-refractivity contribution in [1.29, 1.82) is 5.26 Å². The highest BCUT2D eigenvalue weighted by Gasteiger charge is 2.22. The molecule has 3 nitrogen and oxygen atoms in total. The van der Waals surface area contributed by atoms with Crippen LogP contribution in [0.1, 0.15) is 12.0 Å². The van der Waals surface area contributed by atoms with Gasteiger partial charge in [-0.25, -0.2) is 0 Å². The standard InChI is InChI=1S/C13H16BrN3/c1-10-8-12(2-3-13(10)14)17-7-4-11(9-17)16-6-5-15/h2-3,8,11,16H,4,6-7,9H2,1H3. The van der Waals surface area contributed by atoms with E-state index in [2.05, 4.69) is 57.3 Å². The third-order valence-corrected chi connectivity index (χ3v) is 4.05. The van der Waals surface area contributed by atoms with Crippen LogP contribution in [0.2, 0.25) is 0 Å². The van der Waals surface area contributed by atoms with Crippen LogP contribution in [0.25, 0.3) is 0 Å². The number of rotatable bonds is 3. The van der Waals surface area contributed by atoms with Gasteiger partial charge in [-0.1, -0.05) is 15.9 Å². The molecule has 1 aliphatic rings. The van der Waals surface area contributed by atoms with Crippen LogP contribution >= 0.6 is 15.9 Å². The van der Waals surface area contributed by atoms with Crippen molar-refractivity contribution < 1.29 is 0 Å². The van der Waals surface area contributed by atoms with E-state index in [0.717, 1.165) is 24.0 Å². The van der Waals surface area contributed by atoms with E-state index in [9.17, 15) is 0 Å². The maximum absolute atomic E-state index is 8.55. The molecule has 1 aromatic carbocycles. The molecule has 0 radical (unpaired) electrons. The highest BCUT2D eigenvalue weighted by Crippen LogP contribution is 2.25. The monoisotopic (exact) mass is 293 g/mol. The molecule has 0 amide bonds. The van der Waals surface area contributed by atoms with Crippen LogP contribution in [0.5, 0.6) is 0 Å². The summed E-state index contributed by atoms with van der Waals surface area (Å²) < 4.78 is 1.15. The highest BCUT2D eigenvalue weighted by atomic mass is 79.9. The van der Waals surface area contributed by atoms with E-state index in [1.165, 1.54) is 11.3 Å². The average Bonchev–Trinajstić information content (AvgIpc) is 2.79. The van der Waals surface area contributed by atoms with E-state index in [4.69, 9.17) is 5.26 Å². The van der Waals surface area contributed by atoms with Crippen LogP contribution in [0.4, 0.5) is 5.69 Å². The fourth-order valence-electron chi connectivity index (χ4n) is 2.18. The lowest BCUT2D eigenvalue weighted by atomic mass is 10.2. The van der Waals surface area contributed by atoms with Crippen LogP contribution in [0.15, 0.2) is 22.7 Å². The number of aryl methyl sites for hydroxylation is 1. The van der Waals surface area contributed by atoms with Crippen molar-refractivity contribution in [2.75, 3.05) is 24.5 Å². The van der Waals surface area contributed by atoms with Gasteiger partial charge in [0.2, 0.25) is 0 Å². The van der Waals surface area contributed by atoms with E-state index in [1.807, 2.05) is 0 Å². The Morgan fingerprint density at radius 3 is 3.12 bits per heavy atom. The van der Waals surface area contributed by atoms with Gasteiger partial charge in [-0.15, -0.1) is 0 Å². The van der Waals surface area contributed by atoms with Crippen LogP contribution in [-0.2, 0) is 0 Å². The summed E-state index contributed by atoms with van der Waals surface area (Å²) in [6, 6.07) is 9.02. The lowest BCUT2D eigenvalue weighted by molar-refractivity contribution is 0.591. The third kappa shape index (κ3) is 2.99. The number of nitriles is 1. The summed E-state index contributed by atoms with van der Waals surface area (Å²) in [6.45, 7) is 4.60. The van der Waals surface area contributed by atoms with Gasteiger partial charge in [0.25, 0.3) is 0 Å². The molecule has 0 spiro atoms. The topological polar surface area (TPSA) is 39.1 Å². The van der Waals surface area contributed by atoms with Crippen molar-refractivity contribution in [2.45, 2.75) is 19.4 Å². The van der Waals surface area contributed by atoms with Gasteiger partial charge in [0.05, 0.1) is 12.6 Å². The minimum absolute atomic E-state index is 0.442. The first-order valence-corrected chi connectivity index (χ1v) is 6.61. The Hall–Kier alpha value is -1.05. The molecule has 90 valence electrons. The number of hydrogen-bond donors (Lipinski definition) is 1. The largest absolute Gasteiger partial charge is 0.370 e. The minimum atomic E-state index is 0.442. The number of benzene rings is 1. The number of nitrogens with zero attached hydrogens (tertiary/aromatic N) is 2. The molecule has 2 rings (SSSR count). The fourth-order valence-corrected chi connectivity index (χ4v) is 2.42. The van der Waals surface area contributed by atoms with Crippen molar-refractivity contribution in [3.8, 4) is 6.07 Å². The summed E-state index contributed by atoms with van der Waals surface area (Å²) in [4.78, 5) is 2.37. The normalized spacial score (nSPS) is 19.4. The zero-order chi connectivity index (χ0) is 12.3. The molecule has 0 saturated carbocycles. The zero-order valence-corrected chi connectivity index (χ0v) is 11.5. The summed E-state index contributed by atoms with van der Waals surface area (Å²) in [7, 11) is 0. The molecule has 1 heterocycles. The Balaban J connectivity index is 2.00. The third-order valence-electron chi connectivity index (χ3n) is 3.16. The Labute approximate surface area is 111 Å². The van der Waals surface area contributed by atoms with Crippen molar-refractivity contribution in [3.63, 3.8) is 0 Å². The van der Waals surface area contributed by atoms with Gasteiger partial charge in [0.15, 0.2) is 0 Å². The smallest absolute Gasteiger partial charge is 0.0843 e. The molecule has 1 N–H and O–H groups in total. The lowest BCUT2D eigenvalue weighted by Crippen LogP contribution is -2.32. The van der Waals surface area contributed by atoms with Gasteiger partial charge in [-0.2, -0.15) is 5.26 Å². The second-order valence-corrected chi connectivity index (χ2v) is 5.26. The Kier molecular flexibility index (Phi) is 4.03. The molecule has 0 aromatic heterocycles. The second kappa shape index (κ2) is 5.52. The molecule has 1 fully saturated rings. The summed E-state index contributed by atoms with van der Waals surface area (Å²) in [6.07, 6.45) is 1.11. The van der Waals surface area contributed by atoms with Crippen molar-refractivity contribution >= 4 is 21.6 Å². The van der Waals surface area contributed by atoms with E-state index < -0.39 is 0 Å². The first-order chi connectivity index (χ1) is 8.20. The summed E-state index contributed by atoms with van der Waals surface area (Å²) in [5.74, 6) is 0. The van der Waals surface area contributed by atoms with Crippen LogP contribution in [0.3, 0.4) is 0 Å². The first kappa shape index (κ1) is 12.4. The maximum atomic E-state index is 8.55. The molecule has 0 bridgehead atoms. The molecular formula is C13H16BrN3. The van der Waals surface area contributed by atoms with Gasteiger partial charge in [-0.3, -0.25) is 5.32 Å². The molecule has 17 heavy (non-hydrogen) atoms. The van der Waals surface area contributed by atoms with Gasteiger partial charge in [-0.05, 0) is 37.1 Å². The molecule has 1 aromatic rings. The number of hydrogen-bond acceptors (Lipinski definition) is 3. The lowest BCUT2D eigenvalue weighted by Gasteiger charge is -2.19. The molecular weight excluding hydrogens is 278 g/mol. The predicted molar refractivity (Wildman–Crippen MR) is 73.1 cm³/mol. The SMILES string of the molecule is Cc1cc(N2CCC(NCC#N)C2)ccc1Br. The number of halogens is 1. The maximum Gasteiger partial charge on any atom is 0.0843 e. The van der Waals surface area contributed by atoms with Crippen LogP contribution in [0, 0.1) is 18.3 Å². The molecule has 1 saturated heterocycles. The van der Waals surface area contributed by atoms with Gasteiger partial charge < -0.3 is 4.90 Å². The zero-order valence-electron chi connectivity index (χ0n) is 9.91. The van der Waals surface area contributed by atoms with E-state index in [1.54, 1.807) is 0 Å². The van der Waals surface area contributed by atoms with Crippen molar-refractivity contribution in [2.24, 2.45) is 0 Å². The van der Waals surface area contributed by atoms with E-state index in [0.29, 0.717) is 12.6 Å². The molecule has 1 unspecified atom stereocenters.